The van der Waals surface area contributed by atoms with Crippen LogP contribution < -0.4 is 27.2 Å². The SMILES string of the molecule is C1NNNN1.CC(C)[NH2+]C(C)C. The average Bonchev–Trinajstić information content (AvgIpc) is 2.36. The summed E-state index contributed by atoms with van der Waals surface area (Å²) in [6.45, 7) is 9.61. The molecule has 0 aromatic carbocycles. The largest absolute Gasteiger partial charge is 0.342 e. The van der Waals surface area contributed by atoms with Crippen LogP contribution in [0.4, 0.5) is 0 Å². The molecular formula is C7H22N5+. The van der Waals surface area contributed by atoms with Crippen LogP contribution in [-0.2, 0) is 0 Å². The van der Waals surface area contributed by atoms with Crippen molar-refractivity contribution in [2.75, 3.05) is 6.67 Å². The lowest BCUT2D eigenvalue weighted by Gasteiger charge is -2.06. The Kier molecular flexibility index (Phi) is 7.33. The molecule has 0 atom stereocenters. The molecule has 0 spiro atoms. The van der Waals surface area contributed by atoms with Gasteiger partial charge in [-0.25, -0.2) is 10.9 Å². The van der Waals surface area contributed by atoms with Crippen molar-refractivity contribution in [2.24, 2.45) is 0 Å². The van der Waals surface area contributed by atoms with Crippen molar-refractivity contribution < 1.29 is 5.32 Å². The van der Waals surface area contributed by atoms with Crippen LogP contribution in [0.2, 0.25) is 0 Å². The standard InChI is InChI=1S/C6H15N.CH6N4/c1-5(2)7-6(3)4;1-2-4-5-3-1/h5-7H,1-4H3;2-5H,1H2/p+1. The number of hydrazine groups is 3. The van der Waals surface area contributed by atoms with Gasteiger partial charge in [0.15, 0.2) is 0 Å². The maximum absolute atomic E-state index is 2.75. The summed E-state index contributed by atoms with van der Waals surface area (Å²) in [6, 6.07) is 1.50. The lowest BCUT2D eigenvalue weighted by molar-refractivity contribution is -0.709. The molecular weight excluding hydrogens is 154 g/mol. The molecule has 1 heterocycles. The number of quaternary nitrogens is 1. The van der Waals surface area contributed by atoms with Gasteiger partial charge >= 0.3 is 0 Å². The Balaban J connectivity index is 0.000000211. The molecule has 1 rings (SSSR count). The van der Waals surface area contributed by atoms with Crippen LogP contribution in [0.25, 0.3) is 0 Å². The van der Waals surface area contributed by atoms with E-state index in [0.717, 1.165) is 18.8 Å². The van der Waals surface area contributed by atoms with Crippen LogP contribution in [0.5, 0.6) is 0 Å². The molecule has 5 heteroatoms. The highest BCUT2D eigenvalue weighted by atomic mass is 15.8. The summed E-state index contributed by atoms with van der Waals surface area (Å²) in [7, 11) is 0. The molecule has 0 aromatic rings. The summed E-state index contributed by atoms with van der Waals surface area (Å²) in [5.41, 5.74) is 10.7. The summed E-state index contributed by atoms with van der Waals surface area (Å²) in [5, 5.41) is 2.33. The molecule has 0 amide bonds. The highest BCUT2D eigenvalue weighted by molar-refractivity contribution is 4.32. The smallest absolute Gasteiger partial charge is 0.0803 e. The third-order valence-corrected chi connectivity index (χ3v) is 1.19. The molecule has 6 N–H and O–H groups in total. The van der Waals surface area contributed by atoms with Gasteiger partial charge in [-0.1, -0.05) is 0 Å². The Labute approximate surface area is 74.6 Å². The van der Waals surface area contributed by atoms with E-state index in [4.69, 9.17) is 0 Å². The first kappa shape index (κ1) is 11.8. The number of hydrogen-bond acceptors (Lipinski definition) is 4. The molecule has 1 saturated heterocycles. The van der Waals surface area contributed by atoms with Crippen molar-refractivity contribution in [2.45, 2.75) is 39.8 Å². The van der Waals surface area contributed by atoms with E-state index in [-0.39, 0.29) is 0 Å². The maximum atomic E-state index is 2.75. The van der Waals surface area contributed by atoms with Gasteiger partial charge in [0.05, 0.1) is 18.8 Å². The first-order chi connectivity index (χ1) is 5.63. The number of nitrogens with one attached hydrogen (secondary N) is 4. The fourth-order valence-electron chi connectivity index (χ4n) is 0.991. The molecule has 0 saturated carbocycles. The second kappa shape index (κ2) is 7.45. The van der Waals surface area contributed by atoms with E-state index in [0.29, 0.717) is 0 Å². The Bertz CT molecular complexity index is 76.2. The van der Waals surface area contributed by atoms with Crippen molar-refractivity contribution in [3.05, 3.63) is 0 Å². The van der Waals surface area contributed by atoms with Crippen LogP contribution >= 0.6 is 0 Å². The monoisotopic (exact) mass is 176 g/mol. The fourth-order valence-corrected chi connectivity index (χ4v) is 0.991. The third-order valence-electron chi connectivity index (χ3n) is 1.19. The first-order valence-corrected chi connectivity index (χ1v) is 4.43. The van der Waals surface area contributed by atoms with Gasteiger partial charge in [0, 0.05) is 0 Å². The van der Waals surface area contributed by atoms with E-state index >= 15 is 0 Å². The van der Waals surface area contributed by atoms with E-state index in [9.17, 15) is 0 Å². The molecule has 74 valence electrons. The zero-order valence-electron chi connectivity index (χ0n) is 8.44. The second-order valence-electron chi connectivity index (χ2n) is 3.46. The molecule has 0 aromatic heterocycles. The van der Waals surface area contributed by atoms with Crippen LogP contribution in [0.3, 0.4) is 0 Å². The summed E-state index contributed by atoms with van der Waals surface area (Å²) in [4.78, 5) is 0. The Morgan fingerprint density at radius 2 is 1.33 bits per heavy atom. The van der Waals surface area contributed by atoms with Crippen molar-refractivity contribution in [1.29, 1.82) is 0 Å². The average molecular weight is 176 g/mol. The fraction of sp³-hybridized carbons (Fsp3) is 1.00. The van der Waals surface area contributed by atoms with Gasteiger partial charge in [-0.2, -0.15) is 11.1 Å². The predicted octanol–water partition coefficient (Wildman–Crippen LogP) is -1.57. The minimum absolute atomic E-state index is 0.750. The van der Waals surface area contributed by atoms with Gasteiger partial charge < -0.3 is 5.32 Å². The van der Waals surface area contributed by atoms with E-state index in [1.165, 1.54) is 0 Å². The topological polar surface area (TPSA) is 64.7 Å². The minimum Gasteiger partial charge on any atom is -0.342 e. The lowest BCUT2D eigenvalue weighted by atomic mass is 10.3. The lowest BCUT2D eigenvalue weighted by Crippen LogP contribution is -2.92. The molecule has 0 radical (unpaired) electrons. The van der Waals surface area contributed by atoms with E-state index in [1.54, 1.807) is 0 Å². The number of nitrogens with two attached hydrogens (primary N) is 1. The van der Waals surface area contributed by atoms with Gasteiger partial charge in [0.1, 0.15) is 0 Å². The van der Waals surface area contributed by atoms with E-state index in [2.05, 4.69) is 54.9 Å². The molecule has 1 fully saturated rings. The number of rotatable bonds is 2. The van der Waals surface area contributed by atoms with Crippen molar-refractivity contribution in [3.63, 3.8) is 0 Å². The van der Waals surface area contributed by atoms with Crippen molar-refractivity contribution >= 4 is 0 Å². The van der Waals surface area contributed by atoms with Gasteiger partial charge in [-0.3, -0.25) is 0 Å². The van der Waals surface area contributed by atoms with Crippen LogP contribution in [0.15, 0.2) is 0 Å². The summed E-state index contributed by atoms with van der Waals surface area (Å²) >= 11 is 0. The zero-order valence-corrected chi connectivity index (χ0v) is 8.44. The van der Waals surface area contributed by atoms with Crippen molar-refractivity contribution in [1.82, 2.24) is 21.9 Å². The van der Waals surface area contributed by atoms with Crippen LogP contribution in [-0.4, -0.2) is 18.8 Å². The summed E-state index contributed by atoms with van der Waals surface area (Å²) < 4.78 is 0. The molecule has 12 heavy (non-hydrogen) atoms. The maximum Gasteiger partial charge on any atom is 0.0803 e. The minimum atomic E-state index is 0.750. The van der Waals surface area contributed by atoms with Gasteiger partial charge in [0.25, 0.3) is 0 Å². The zero-order chi connectivity index (χ0) is 9.40. The first-order valence-electron chi connectivity index (χ1n) is 4.43. The molecule has 5 nitrogen and oxygen atoms in total. The van der Waals surface area contributed by atoms with Crippen molar-refractivity contribution in [3.8, 4) is 0 Å². The highest BCUT2D eigenvalue weighted by Crippen LogP contribution is 1.67. The van der Waals surface area contributed by atoms with Gasteiger partial charge in [0.2, 0.25) is 0 Å². The van der Waals surface area contributed by atoms with Gasteiger partial charge in [-0.15, -0.1) is 0 Å². The normalized spacial score (nSPS) is 16.5. The molecule has 1 aliphatic rings. The molecule has 0 unspecified atom stereocenters. The second-order valence-corrected chi connectivity index (χ2v) is 3.46. The van der Waals surface area contributed by atoms with E-state index in [1.807, 2.05) is 0 Å². The Morgan fingerprint density at radius 1 is 0.917 bits per heavy atom. The quantitative estimate of drug-likeness (QED) is 0.353. The predicted molar refractivity (Wildman–Crippen MR) is 49.6 cm³/mol. The molecule has 0 bridgehead atoms. The third kappa shape index (κ3) is 9.80. The number of hydrogen-bond donors (Lipinski definition) is 5. The summed E-state index contributed by atoms with van der Waals surface area (Å²) in [6.07, 6.45) is 0. The Morgan fingerprint density at radius 3 is 1.42 bits per heavy atom. The van der Waals surface area contributed by atoms with Crippen LogP contribution in [0, 0.1) is 0 Å². The van der Waals surface area contributed by atoms with E-state index < -0.39 is 0 Å². The van der Waals surface area contributed by atoms with Gasteiger partial charge in [-0.05, 0) is 27.7 Å². The Hall–Kier alpha value is -0.200. The van der Waals surface area contributed by atoms with Crippen LogP contribution in [0.1, 0.15) is 27.7 Å². The molecule has 0 aliphatic carbocycles. The summed E-state index contributed by atoms with van der Waals surface area (Å²) in [5.74, 6) is 0. The molecule has 1 aliphatic heterocycles. The highest BCUT2D eigenvalue weighted by Gasteiger charge is 1.97.